The number of nitrogens with one attached hydrogen (secondary N) is 1. The third-order valence-electron chi connectivity index (χ3n) is 2.50. The Hall–Kier alpha value is -1.62. The van der Waals surface area contributed by atoms with Crippen LogP contribution in [0.1, 0.15) is 26.3 Å². The van der Waals surface area contributed by atoms with E-state index < -0.39 is 10.0 Å². The Labute approximate surface area is 115 Å². The van der Waals surface area contributed by atoms with Crippen molar-refractivity contribution in [1.29, 1.82) is 0 Å². The first kappa shape index (κ1) is 15.4. The monoisotopic (exact) mass is 280 g/mol. The van der Waals surface area contributed by atoms with Crippen LogP contribution < -0.4 is 4.83 Å². The van der Waals surface area contributed by atoms with Crippen LogP contribution in [0.3, 0.4) is 0 Å². The van der Waals surface area contributed by atoms with Crippen molar-refractivity contribution in [2.75, 3.05) is 0 Å². The zero-order valence-corrected chi connectivity index (χ0v) is 12.5. The van der Waals surface area contributed by atoms with Gasteiger partial charge in [0.15, 0.2) is 0 Å². The van der Waals surface area contributed by atoms with E-state index in [1.165, 1.54) is 0 Å². The summed E-state index contributed by atoms with van der Waals surface area (Å²) in [6, 6.07) is 6.62. The minimum Gasteiger partial charge on any atom is -0.200 e. The minimum absolute atomic E-state index is 0.207. The smallest absolute Gasteiger partial charge is 0.200 e. The van der Waals surface area contributed by atoms with E-state index in [-0.39, 0.29) is 10.3 Å². The molecular formula is C14H20N2O2S. The van der Waals surface area contributed by atoms with Crippen LogP contribution in [0.4, 0.5) is 0 Å². The number of hydrogen-bond donors (Lipinski definition) is 1. The normalized spacial score (nSPS) is 13.3. The predicted molar refractivity (Wildman–Crippen MR) is 78.6 cm³/mol. The molecule has 0 unspecified atom stereocenters. The molecule has 104 valence electrons. The summed E-state index contributed by atoms with van der Waals surface area (Å²) in [5.41, 5.74) is 0.724. The van der Waals surface area contributed by atoms with Crippen LogP contribution in [-0.4, -0.2) is 14.6 Å². The molecule has 0 aromatic heterocycles. The van der Waals surface area contributed by atoms with Gasteiger partial charge in [0.2, 0.25) is 0 Å². The number of aryl methyl sites for hydroxylation is 1. The highest BCUT2D eigenvalue weighted by atomic mass is 32.2. The van der Waals surface area contributed by atoms with Crippen molar-refractivity contribution < 1.29 is 8.42 Å². The Bertz CT molecular complexity index is 570. The fourth-order valence-electron chi connectivity index (χ4n) is 1.50. The lowest BCUT2D eigenvalue weighted by atomic mass is 9.95. The van der Waals surface area contributed by atoms with E-state index in [1.54, 1.807) is 30.5 Å². The third-order valence-corrected chi connectivity index (χ3v) is 3.74. The van der Waals surface area contributed by atoms with Crippen LogP contribution in [-0.2, 0) is 10.0 Å². The summed E-state index contributed by atoms with van der Waals surface area (Å²) < 4.78 is 23.9. The zero-order valence-electron chi connectivity index (χ0n) is 11.7. The standard InChI is InChI=1S/C14H20N2O2S/c1-5-10-14(3,4)11-15-16-19(17,18)13-8-6-12(2)7-9-13/h5-11,16H,1-4H3/b10-5+,15-11+. The van der Waals surface area contributed by atoms with Crippen LogP contribution in [0.25, 0.3) is 0 Å². The molecule has 0 aliphatic carbocycles. The van der Waals surface area contributed by atoms with E-state index in [9.17, 15) is 8.42 Å². The summed E-state index contributed by atoms with van der Waals surface area (Å²) in [4.78, 5) is 2.42. The topological polar surface area (TPSA) is 58.5 Å². The molecule has 0 heterocycles. The van der Waals surface area contributed by atoms with Gasteiger partial charge in [-0.25, -0.2) is 4.83 Å². The molecule has 1 rings (SSSR count). The van der Waals surface area contributed by atoms with Crippen LogP contribution in [0.5, 0.6) is 0 Å². The summed E-state index contributed by atoms with van der Waals surface area (Å²) >= 11 is 0. The average Bonchev–Trinajstić information content (AvgIpc) is 2.28. The van der Waals surface area contributed by atoms with Crippen LogP contribution in [0.2, 0.25) is 0 Å². The van der Waals surface area contributed by atoms with Crippen LogP contribution in [0.15, 0.2) is 46.4 Å². The number of nitrogens with zero attached hydrogens (tertiary/aromatic N) is 1. The molecule has 1 aromatic carbocycles. The molecule has 0 bridgehead atoms. The molecule has 1 aromatic rings. The first-order valence-electron chi connectivity index (χ1n) is 6.03. The van der Waals surface area contributed by atoms with Gasteiger partial charge < -0.3 is 0 Å². The van der Waals surface area contributed by atoms with Crippen molar-refractivity contribution in [3.8, 4) is 0 Å². The Kier molecular flexibility index (Phi) is 4.89. The molecule has 0 aliphatic heterocycles. The fraction of sp³-hybridized carbons (Fsp3) is 0.357. The molecule has 0 atom stereocenters. The Morgan fingerprint density at radius 3 is 2.32 bits per heavy atom. The summed E-state index contributed by atoms with van der Waals surface area (Å²) in [7, 11) is -3.59. The van der Waals surface area contributed by atoms with Crippen molar-refractivity contribution in [3.05, 3.63) is 42.0 Å². The van der Waals surface area contributed by atoms with Gasteiger partial charge in [0.05, 0.1) is 4.90 Å². The SMILES string of the molecule is C/C=C/C(C)(C)/C=N/NS(=O)(=O)c1ccc(C)cc1. The van der Waals surface area contributed by atoms with Gasteiger partial charge >= 0.3 is 0 Å². The zero-order chi connectivity index (χ0) is 14.5. The van der Waals surface area contributed by atoms with Crippen molar-refractivity contribution in [1.82, 2.24) is 4.83 Å². The number of benzene rings is 1. The van der Waals surface area contributed by atoms with E-state index in [0.717, 1.165) is 5.56 Å². The molecular weight excluding hydrogens is 260 g/mol. The van der Waals surface area contributed by atoms with Gasteiger partial charge in [-0.2, -0.15) is 13.5 Å². The Morgan fingerprint density at radius 1 is 1.21 bits per heavy atom. The Morgan fingerprint density at radius 2 is 1.79 bits per heavy atom. The number of hydrogen-bond acceptors (Lipinski definition) is 3. The van der Waals surface area contributed by atoms with Gasteiger partial charge in [0.1, 0.15) is 0 Å². The van der Waals surface area contributed by atoms with Crippen molar-refractivity contribution >= 4 is 16.2 Å². The second-order valence-electron chi connectivity index (χ2n) is 4.99. The van der Waals surface area contributed by atoms with Gasteiger partial charge in [-0.3, -0.25) is 0 Å². The number of allylic oxidation sites excluding steroid dienone is 2. The fourth-order valence-corrected chi connectivity index (χ4v) is 2.30. The van der Waals surface area contributed by atoms with E-state index in [0.29, 0.717) is 0 Å². The van der Waals surface area contributed by atoms with Crippen molar-refractivity contribution in [3.63, 3.8) is 0 Å². The summed E-state index contributed by atoms with van der Waals surface area (Å²) in [6.45, 7) is 7.70. The molecule has 0 fully saturated rings. The van der Waals surface area contributed by atoms with E-state index in [1.807, 2.05) is 39.8 Å². The van der Waals surface area contributed by atoms with Crippen LogP contribution in [0, 0.1) is 12.3 Å². The minimum atomic E-state index is -3.59. The lowest BCUT2D eigenvalue weighted by Crippen LogP contribution is -2.20. The molecule has 0 amide bonds. The summed E-state index contributed by atoms with van der Waals surface area (Å²) in [6.07, 6.45) is 5.41. The second kappa shape index (κ2) is 6.02. The first-order chi connectivity index (χ1) is 8.77. The lowest BCUT2D eigenvalue weighted by Gasteiger charge is -2.12. The van der Waals surface area contributed by atoms with Gasteiger partial charge in [0.25, 0.3) is 10.0 Å². The predicted octanol–water partition coefficient (Wildman–Crippen LogP) is 2.86. The maximum Gasteiger partial charge on any atom is 0.276 e. The highest BCUT2D eigenvalue weighted by molar-refractivity contribution is 7.89. The largest absolute Gasteiger partial charge is 0.276 e. The van der Waals surface area contributed by atoms with Crippen molar-refractivity contribution in [2.24, 2.45) is 10.5 Å². The summed E-state index contributed by atoms with van der Waals surface area (Å²) in [5, 5.41) is 3.82. The second-order valence-corrected chi connectivity index (χ2v) is 6.65. The number of hydrazone groups is 1. The van der Waals surface area contributed by atoms with E-state index in [2.05, 4.69) is 9.93 Å². The van der Waals surface area contributed by atoms with Gasteiger partial charge in [-0.05, 0) is 26.0 Å². The highest BCUT2D eigenvalue weighted by Gasteiger charge is 2.13. The first-order valence-corrected chi connectivity index (χ1v) is 7.52. The van der Waals surface area contributed by atoms with Crippen molar-refractivity contribution in [2.45, 2.75) is 32.6 Å². The maximum absolute atomic E-state index is 11.9. The maximum atomic E-state index is 11.9. The summed E-state index contributed by atoms with van der Waals surface area (Å²) in [5.74, 6) is 0. The molecule has 0 saturated heterocycles. The molecule has 19 heavy (non-hydrogen) atoms. The van der Waals surface area contributed by atoms with Crippen LogP contribution >= 0.6 is 0 Å². The molecule has 1 N–H and O–H groups in total. The third kappa shape index (κ3) is 4.87. The number of sulfonamides is 1. The van der Waals surface area contributed by atoms with Gasteiger partial charge in [-0.1, -0.05) is 43.7 Å². The van der Waals surface area contributed by atoms with E-state index >= 15 is 0 Å². The number of rotatable bonds is 5. The molecule has 0 radical (unpaired) electrons. The van der Waals surface area contributed by atoms with Gasteiger partial charge in [-0.15, -0.1) is 0 Å². The molecule has 0 saturated carbocycles. The Balaban J connectivity index is 2.82. The quantitative estimate of drug-likeness (QED) is 0.512. The molecule has 5 heteroatoms. The van der Waals surface area contributed by atoms with Gasteiger partial charge in [0, 0.05) is 11.6 Å². The average molecular weight is 280 g/mol. The molecule has 4 nitrogen and oxygen atoms in total. The molecule has 0 spiro atoms. The molecule has 0 aliphatic rings. The highest BCUT2D eigenvalue weighted by Crippen LogP contribution is 2.14. The van der Waals surface area contributed by atoms with E-state index in [4.69, 9.17) is 0 Å². The lowest BCUT2D eigenvalue weighted by molar-refractivity contribution is 0.583.